The van der Waals surface area contributed by atoms with Gasteiger partial charge in [0.25, 0.3) is 0 Å². The third-order valence-corrected chi connectivity index (χ3v) is 4.34. The molecule has 4 nitrogen and oxygen atoms in total. The van der Waals surface area contributed by atoms with Crippen LogP contribution in [0, 0.1) is 11.3 Å². The van der Waals surface area contributed by atoms with Gasteiger partial charge in [-0.3, -0.25) is 0 Å². The van der Waals surface area contributed by atoms with E-state index in [2.05, 4.69) is 27.0 Å². The number of aromatic nitrogens is 2. The lowest BCUT2D eigenvalue weighted by Gasteiger charge is -2.05. The van der Waals surface area contributed by atoms with E-state index in [1.807, 2.05) is 36.7 Å². The van der Waals surface area contributed by atoms with Gasteiger partial charge in [-0.1, -0.05) is 12.1 Å². The number of para-hydroxylation sites is 2. The highest BCUT2D eigenvalue weighted by atomic mass is 32.1. The van der Waals surface area contributed by atoms with Crippen molar-refractivity contribution < 1.29 is 0 Å². The fourth-order valence-electron chi connectivity index (χ4n) is 2.31. The molecule has 0 saturated heterocycles. The molecule has 0 saturated carbocycles. The third-order valence-electron chi connectivity index (χ3n) is 3.35. The van der Waals surface area contributed by atoms with Gasteiger partial charge in [-0.15, -0.1) is 11.3 Å². The van der Waals surface area contributed by atoms with Gasteiger partial charge in [0, 0.05) is 18.0 Å². The molecule has 0 aliphatic heterocycles. The van der Waals surface area contributed by atoms with Gasteiger partial charge in [0.2, 0.25) is 0 Å². The van der Waals surface area contributed by atoms with Crippen molar-refractivity contribution in [2.24, 2.45) is 0 Å². The van der Waals surface area contributed by atoms with Crippen molar-refractivity contribution in [3.05, 3.63) is 52.5 Å². The van der Waals surface area contributed by atoms with Crippen LogP contribution in [0.25, 0.3) is 11.0 Å². The van der Waals surface area contributed by atoms with Gasteiger partial charge in [0.15, 0.2) is 0 Å². The summed E-state index contributed by atoms with van der Waals surface area (Å²) in [6, 6.07) is 14.2. The summed E-state index contributed by atoms with van der Waals surface area (Å²) in [4.78, 5) is 6.37. The number of hydrogen-bond acceptors (Lipinski definition) is 4. The molecule has 0 aliphatic carbocycles. The average molecular weight is 296 g/mol. The molecule has 1 N–H and O–H groups in total. The number of hydrogen-bond donors (Lipinski definition) is 1. The Morgan fingerprint density at radius 3 is 3.00 bits per heavy atom. The fraction of sp³-hybridized carbons (Fsp3) is 0.250. The largest absolute Gasteiger partial charge is 0.331 e. The van der Waals surface area contributed by atoms with Crippen molar-refractivity contribution in [1.82, 2.24) is 14.9 Å². The molecule has 1 aromatic carbocycles. The van der Waals surface area contributed by atoms with Crippen LogP contribution in [0.2, 0.25) is 0 Å². The number of imidazole rings is 1. The van der Waals surface area contributed by atoms with E-state index < -0.39 is 0 Å². The standard InChI is InChI=1S/C16H16N4S/c17-10-13-6-7-14(21-13)11-18-8-3-9-20-12-19-15-4-1-2-5-16(15)20/h1-2,4-7,12,18H,3,8-9,11H2. The second-order valence-electron chi connectivity index (χ2n) is 4.83. The van der Waals surface area contributed by atoms with Crippen molar-refractivity contribution in [1.29, 1.82) is 5.26 Å². The van der Waals surface area contributed by atoms with Crippen LogP contribution in [0.1, 0.15) is 16.2 Å². The molecule has 0 spiro atoms. The van der Waals surface area contributed by atoms with E-state index in [1.54, 1.807) is 11.3 Å². The van der Waals surface area contributed by atoms with Crippen LogP contribution in [0.15, 0.2) is 42.7 Å². The number of fused-ring (bicyclic) bond motifs is 1. The molecule has 0 atom stereocenters. The SMILES string of the molecule is N#Cc1ccc(CNCCCn2cnc3ccccc32)s1. The number of nitrogens with zero attached hydrogens (tertiary/aromatic N) is 3. The molecule has 106 valence electrons. The third kappa shape index (κ3) is 3.30. The number of rotatable bonds is 6. The summed E-state index contributed by atoms with van der Waals surface area (Å²) >= 11 is 1.55. The molecular formula is C16H16N4S. The molecule has 2 heterocycles. The Bertz CT molecular complexity index is 766. The Hall–Kier alpha value is -2.16. The highest BCUT2D eigenvalue weighted by Crippen LogP contribution is 2.15. The van der Waals surface area contributed by atoms with Crippen LogP contribution in [0.5, 0.6) is 0 Å². The van der Waals surface area contributed by atoms with E-state index >= 15 is 0 Å². The normalized spacial score (nSPS) is 10.8. The summed E-state index contributed by atoms with van der Waals surface area (Å²) in [5.41, 5.74) is 2.24. The van der Waals surface area contributed by atoms with Crippen molar-refractivity contribution >= 4 is 22.4 Å². The van der Waals surface area contributed by atoms with Gasteiger partial charge in [0.1, 0.15) is 10.9 Å². The lowest BCUT2D eigenvalue weighted by atomic mass is 10.3. The van der Waals surface area contributed by atoms with E-state index in [0.717, 1.165) is 36.4 Å². The maximum absolute atomic E-state index is 8.78. The van der Waals surface area contributed by atoms with Gasteiger partial charge in [-0.05, 0) is 37.2 Å². The molecule has 3 aromatic rings. The molecule has 0 bridgehead atoms. The Morgan fingerprint density at radius 2 is 2.14 bits per heavy atom. The van der Waals surface area contributed by atoms with Gasteiger partial charge in [-0.25, -0.2) is 4.98 Å². The summed E-state index contributed by atoms with van der Waals surface area (Å²) in [5.74, 6) is 0. The zero-order valence-electron chi connectivity index (χ0n) is 11.6. The average Bonchev–Trinajstić information content (AvgIpc) is 3.14. The summed E-state index contributed by atoms with van der Waals surface area (Å²) in [6.45, 7) is 2.74. The molecule has 2 aromatic heterocycles. The van der Waals surface area contributed by atoms with Crippen LogP contribution in [0.4, 0.5) is 0 Å². The smallest absolute Gasteiger partial charge is 0.110 e. The second-order valence-corrected chi connectivity index (χ2v) is 6.00. The first-order chi connectivity index (χ1) is 10.4. The maximum atomic E-state index is 8.78. The van der Waals surface area contributed by atoms with Crippen LogP contribution in [-0.4, -0.2) is 16.1 Å². The topological polar surface area (TPSA) is 53.6 Å². The first kappa shape index (κ1) is 13.8. The highest BCUT2D eigenvalue weighted by Gasteiger charge is 2.01. The van der Waals surface area contributed by atoms with Crippen molar-refractivity contribution in [2.45, 2.75) is 19.5 Å². The van der Waals surface area contributed by atoms with E-state index in [0.29, 0.717) is 0 Å². The Labute approximate surface area is 127 Å². The number of nitrogens with one attached hydrogen (secondary N) is 1. The van der Waals surface area contributed by atoms with Gasteiger partial charge in [-0.2, -0.15) is 5.26 Å². The molecule has 5 heteroatoms. The first-order valence-electron chi connectivity index (χ1n) is 6.96. The molecule has 0 aliphatic rings. The molecule has 3 rings (SSSR count). The van der Waals surface area contributed by atoms with Crippen LogP contribution < -0.4 is 5.32 Å². The summed E-state index contributed by atoms with van der Waals surface area (Å²) in [5, 5.41) is 12.2. The number of aryl methyl sites for hydroxylation is 1. The Kier molecular flexibility index (Phi) is 4.29. The summed E-state index contributed by atoms with van der Waals surface area (Å²) in [6.07, 6.45) is 2.96. The number of benzene rings is 1. The quantitative estimate of drug-likeness (QED) is 0.711. The number of nitriles is 1. The summed E-state index contributed by atoms with van der Waals surface area (Å²) in [7, 11) is 0. The zero-order valence-corrected chi connectivity index (χ0v) is 12.4. The highest BCUT2D eigenvalue weighted by molar-refractivity contribution is 7.12. The van der Waals surface area contributed by atoms with Crippen molar-refractivity contribution in [3.63, 3.8) is 0 Å². The summed E-state index contributed by atoms with van der Waals surface area (Å²) < 4.78 is 2.19. The van der Waals surface area contributed by atoms with Gasteiger partial charge >= 0.3 is 0 Å². The predicted octanol–water partition coefficient (Wildman–Crippen LogP) is 3.15. The molecule has 0 amide bonds. The molecular weight excluding hydrogens is 280 g/mol. The van der Waals surface area contributed by atoms with E-state index in [-0.39, 0.29) is 0 Å². The van der Waals surface area contributed by atoms with Crippen LogP contribution in [-0.2, 0) is 13.1 Å². The maximum Gasteiger partial charge on any atom is 0.110 e. The second kappa shape index (κ2) is 6.53. The Morgan fingerprint density at radius 1 is 1.24 bits per heavy atom. The van der Waals surface area contributed by atoms with Crippen LogP contribution >= 0.6 is 11.3 Å². The minimum Gasteiger partial charge on any atom is -0.331 e. The van der Waals surface area contributed by atoms with E-state index in [9.17, 15) is 0 Å². The lowest BCUT2D eigenvalue weighted by molar-refractivity contribution is 0.591. The number of thiophene rings is 1. The van der Waals surface area contributed by atoms with Crippen LogP contribution in [0.3, 0.4) is 0 Å². The minimum absolute atomic E-state index is 0.775. The first-order valence-corrected chi connectivity index (χ1v) is 7.78. The van der Waals surface area contributed by atoms with Crippen molar-refractivity contribution in [2.75, 3.05) is 6.54 Å². The lowest BCUT2D eigenvalue weighted by Crippen LogP contribution is -2.15. The molecule has 0 unspecified atom stereocenters. The zero-order chi connectivity index (χ0) is 14.5. The fourth-order valence-corrected chi connectivity index (χ4v) is 3.08. The molecule has 0 radical (unpaired) electrons. The van der Waals surface area contributed by atoms with Crippen molar-refractivity contribution in [3.8, 4) is 6.07 Å². The monoisotopic (exact) mass is 296 g/mol. The molecule has 21 heavy (non-hydrogen) atoms. The minimum atomic E-state index is 0.775. The van der Waals surface area contributed by atoms with Gasteiger partial charge < -0.3 is 9.88 Å². The van der Waals surface area contributed by atoms with E-state index in [1.165, 1.54) is 10.4 Å². The molecule has 0 fully saturated rings. The van der Waals surface area contributed by atoms with Gasteiger partial charge in [0.05, 0.1) is 17.4 Å². The predicted molar refractivity (Wildman–Crippen MR) is 85.1 cm³/mol. The van der Waals surface area contributed by atoms with E-state index in [4.69, 9.17) is 5.26 Å². The Balaban J connectivity index is 1.45.